The fraction of sp³-hybridized carbons (Fsp3) is 0.500. The van der Waals surface area contributed by atoms with E-state index in [9.17, 15) is 4.79 Å². The number of nitrogens with zero attached hydrogens (tertiary/aromatic N) is 2. The number of para-hydroxylation sites is 1. The van der Waals surface area contributed by atoms with Crippen molar-refractivity contribution in [1.82, 2.24) is 9.80 Å². The topological polar surface area (TPSA) is 53.0 Å². The predicted octanol–water partition coefficient (Wildman–Crippen LogP) is 1.01. The van der Waals surface area contributed by atoms with Crippen LogP contribution in [0.2, 0.25) is 0 Å². The first-order valence-corrected chi connectivity index (χ1v) is 6.34. The summed E-state index contributed by atoms with van der Waals surface area (Å²) in [5.41, 5.74) is 0. The third kappa shape index (κ3) is 7.43. The van der Waals surface area contributed by atoms with Gasteiger partial charge in [-0.2, -0.15) is 0 Å². The monoisotopic (exact) mass is 266 g/mol. The van der Waals surface area contributed by atoms with Gasteiger partial charge in [-0.25, -0.2) is 0 Å². The maximum Gasteiger partial charge on any atom is 0.317 e. The molecule has 0 aliphatic carbocycles. The minimum Gasteiger partial charge on any atom is -0.492 e. The Morgan fingerprint density at radius 3 is 2.42 bits per heavy atom. The molecule has 1 rings (SSSR count). The molecule has 0 aliphatic heterocycles. The lowest BCUT2D eigenvalue weighted by Crippen LogP contribution is -2.38. The van der Waals surface area contributed by atoms with Crippen molar-refractivity contribution in [3.8, 4) is 5.75 Å². The van der Waals surface area contributed by atoms with Gasteiger partial charge in [-0.3, -0.25) is 9.69 Å². The highest BCUT2D eigenvalue weighted by molar-refractivity contribution is 5.69. The second-order valence-corrected chi connectivity index (χ2v) is 4.63. The highest BCUT2D eigenvalue weighted by atomic mass is 16.5. The van der Waals surface area contributed by atoms with Crippen molar-refractivity contribution in [2.45, 2.75) is 0 Å². The summed E-state index contributed by atoms with van der Waals surface area (Å²) in [4.78, 5) is 14.7. The zero-order valence-electron chi connectivity index (χ0n) is 11.6. The smallest absolute Gasteiger partial charge is 0.317 e. The zero-order chi connectivity index (χ0) is 14.1. The minimum atomic E-state index is -0.807. The van der Waals surface area contributed by atoms with Crippen LogP contribution in [0.4, 0.5) is 0 Å². The van der Waals surface area contributed by atoms with E-state index in [1.54, 1.807) is 0 Å². The molecular formula is C14H22N2O3. The third-order valence-corrected chi connectivity index (χ3v) is 2.64. The standard InChI is InChI=1S/C14H22N2O3/c1-15(2)8-9-16(12-14(17)18)10-11-19-13-6-4-3-5-7-13/h3-7H,8-12H2,1-2H3,(H,17,18). The molecule has 1 aromatic rings. The maximum atomic E-state index is 10.8. The molecule has 5 heteroatoms. The second-order valence-electron chi connectivity index (χ2n) is 4.63. The summed E-state index contributed by atoms with van der Waals surface area (Å²) in [6.07, 6.45) is 0. The van der Waals surface area contributed by atoms with Crippen molar-refractivity contribution < 1.29 is 14.6 Å². The number of carboxylic acids is 1. The summed E-state index contributed by atoms with van der Waals surface area (Å²) in [5, 5.41) is 8.87. The van der Waals surface area contributed by atoms with E-state index in [0.29, 0.717) is 13.2 Å². The van der Waals surface area contributed by atoms with Crippen molar-refractivity contribution in [2.24, 2.45) is 0 Å². The van der Waals surface area contributed by atoms with E-state index in [4.69, 9.17) is 9.84 Å². The molecule has 0 saturated heterocycles. The van der Waals surface area contributed by atoms with Crippen LogP contribution in [-0.4, -0.2) is 67.8 Å². The molecule has 0 atom stereocenters. The Labute approximate surface area is 114 Å². The number of aliphatic carboxylic acids is 1. The lowest BCUT2D eigenvalue weighted by Gasteiger charge is -2.22. The van der Waals surface area contributed by atoms with Gasteiger partial charge in [0.05, 0.1) is 6.54 Å². The number of rotatable bonds is 9. The maximum absolute atomic E-state index is 10.8. The van der Waals surface area contributed by atoms with Gasteiger partial charge < -0.3 is 14.7 Å². The molecule has 0 radical (unpaired) electrons. The molecule has 19 heavy (non-hydrogen) atoms. The minimum absolute atomic E-state index is 0.0476. The summed E-state index contributed by atoms with van der Waals surface area (Å²) in [6, 6.07) is 9.54. The Hall–Kier alpha value is -1.59. The van der Waals surface area contributed by atoms with Gasteiger partial charge in [-0.15, -0.1) is 0 Å². The average molecular weight is 266 g/mol. The van der Waals surface area contributed by atoms with Gasteiger partial charge in [0.2, 0.25) is 0 Å². The van der Waals surface area contributed by atoms with Crippen LogP contribution in [0.3, 0.4) is 0 Å². The SMILES string of the molecule is CN(C)CCN(CCOc1ccccc1)CC(=O)O. The van der Waals surface area contributed by atoms with Gasteiger partial charge in [0.15, 0.2) is 0 Å². The molecule has 0 bridgehead atoms. The number of carbonyl (C=O) groups is 1. The zero-order valence-corrected chi connectivity index (χ0v) is 11.6. The van der Waals surface area contributed by atoms with Crippen LogP contribution in [0.1, 0.15) is 0 Å². The van der Waals surface area contributed by atoms with Crippen LogP contribution in [0.5, 0.6) is 5.75 Å². The Balaban J connectivity index is 2.33. The van der Waals surface area contributed by atoms with Gasteiger partial charge in [0.1, 0.15) is 12.4 Å². The van der Waals surface area contributed by atoms with Crippen molar-refractivity contribution in [2.75, 3.05) is 46.9 Å². The molecule has 0 amide bonds. The van der Waals surface area contributed by atoms with Crippen molar-refractivity contribution in [3.05, 3.63) is 30.3 Å². The van der Waals surface area contributed by atoms with Gasteiger partial charge >= 0.3 is 5.97 Å². The number of hydrogen-bond acceptors (Lipinski definition) is 4. The van der Waals surface area contributed by atoms with E-state index >= 15 is 0 Å². The normalized spacial score (nSPS) is 10.9. The second kappa shape index (κ2) is 8.50. The first-order chi connectivity index (χ1) is 9.08. The van der Waals surface area contributed by atoms with Crippen LogP contribution in [0, 0.1) is 0 Å². The summed E-state index contributed by atoms with van der Waals surface area (Å²) in [6.45, 7) is 2.70. The van der Waals surface area contributed by atoms with Crippen molar-refractivity contribution >= 4 is 5.97 Å². The molecule has 0 fully saturated rings. The number of likely N-dealkylation sites (N-methyl/N-ethyl adjacent to an activating group) is 1. The van der Waals surface area contributed by atoms with E-state index in [1.807, 2.05) is 54.2 Å². The third-order valence-electron chi connectivity index (χ3n) is 2.64. The molecule has 0 saturated carbocycles. The Kier molecular flexibility index (Phi) is 6.92. The first kappa shape index (κ1) is 15.5. The van der Waals surface area contributed by atoms with E-state index in [-0.39, 0.29) is 6.54 Å². The van der Waals surface area contributed by atoms with Crippen LogP contribution < -0.4 is 4.74 Å². The molecule has 1 aromatic carbocycles. The molecule has 0 aromatic heterocycles. The number of benzene rings is 1. The molecule has 0 aliphatic rings. The fourth-order valence-electron chi connectivity index (χ4n) is 1.61. The van der Waals surface area contributed by atoms with Gasteiger partial charge in [-0.05, 0) is 26.2 Å². The predicted molar refractivity (Wildman–Crippen MR) is 74.6 cm³/mol. The summed E-state index contributed by atoms with van der Waals surface area (Å²) >= 11 is 0. The van der Waals surface area contributed by atoms with Crippen LogP contribution >= 0.6 is 0 Å². The molecule has 106 valence electrons. The van der Waals surface area contributed by atoms with Crippen LogP contribution in [0.15, 0.2) is 30.3 Å². The lowest BCUT2D eigenvalue weighted by molar-refractivity contribution is -0.138. The van der Waals surface area contributed by atoms with Crippen LogP contribution in [0.25, 0.3) is 0 Å². The number of carboxylic acid groups (broad SMARTS) is 1. The number of hydrogen-bond donors (Lipinski definition) is 1. The average Bonchev–Trinajstić information content (AvgIpc) is 2.36. The van der Waals surface area contributed by atoms with Gasteiger partial charge in [0, 0.05) is 19.6 Å². The Morgan fingerprint density at radius 2 is 1.84 bits per heavy atom. The molecule has 0 spiro atoms. The largest absolute Gasteiger partial charge is 0.492 e. The van der Waals surface area contributed by atoms with Crippen molar-refractivity contribution in [3.63, 3.8) is 0 Å². The van der Waals surface area contributed by atoms with E-state index in [1.165, 1.54) is 0 Å². The highest BCUT2D eigenvalue weighted by Gasteiger charge is 2.09. The van der Waals surface area contributed by atoms with Crippen LogP contribution in [-0.2, 0) is 4.79 Å². The molecule has 0 unspecified atom stereocenters. The van der Waals surface area contributed by atoms with E-state index in [2.05, 4.69) is 0 Å². The summed E-state index contributed by atoms with van der Waals surface area (Å²) < 4.78 is 5.58. The molecule has 1 N–H and O–H groups in total. The fourth-order valence-corrected chi connectivity index (χ4v) is 1.61. The highest BCUT2D eigenvalue weighted by Crippen LogP contribution is 2.07. The quantitative estimate of drug-likeness (QED) is 0.723. The van der Waals surface area contributed by atoms with E-state index < -0.39 is 5.97 Å². The van der Waals surface area contributed by atoms with Gasteiger partial charge in [0.25, 0.3) is 0 Å². The molecular weight excluding hydrogens is 244 g/mol. The Bertz CT molecular complexity index is 368. The van der Waals surface area contributed by atoms with Crippen molar-refractivity contribution in [1.29, 1.82) is 0 Å². The summed E-state index contributed by atoms with van der Waals surface area (Å²) in [5.74, 6) is 0.00357. The van der Waals surface area contributed by atoms with E-state index in [0.717, 1.165) is 18.8 Å². The first-order valence-electron chi connectivity index (χ1n) is 6.34. The summed E-state index contributed by atoms with van der Waals surface area (Å²) in [7, 11) is 3.94. The molecule has 0 heterocycles. The molecule has 5 nitrogen and oxygen atoms in total. The van der Waals surface area contributed by atoms with Gasteiger partial charge in [-0.1, -0.05) is 18.2 Å². The lowest BCUT2D eigenvalue weighted by atomic mass is 10.3. The number of ether oxygens (including phenoxy) is 1. The Morgan fingerprint density at radius 1 is 1.16 bits per heavy atom.